The predicted molar refractivity (Wildman–Crippen MR) is 95.1 cm³/mol. The Kier molecular flexibility index (Phi) is 8.80. The molecule has 148 valence electrons. The molecule has 0 saturated carbocycles. The molecule has 2 aromatic carbocycles. The van der Waals surface area contributed by atoms with Crippen molar-refractivity contribution in [3.8, 4) is 0 Å². The number of carboxylic acids is 2. The highest BCUT2D eigenvalue weighted by molar-refractivity contribution is 5.96. The highest BCUT2D eigenvalue weighted by Gasteiger charge is 2.17. The molecule has 2 amide bonds. The second-order valence-corrected chi connectivity index (χ2v) is 5.16. The smallest absolute Gasteiger partial charge is 0.353 e. The van der Waals surface area contributed by atoms with Crippen LogP contribution in [0.4, 0.5) is 0 Å². The second-order valence-electron chi connectivity index (χ2n) is 5.16. The van der Waals surface area contributed by atoms with Gasteiger partial charge in [-0.1, -0.05) is 36.4 Å². The van der Waals surface area contributed by atoms with Gasteiger partial charge in [0.1, 0.15) is 0 Å². The van der Waals surface area contributed by atoms with E-state index in [4.69, 9.17) is 20.4 Å². The van der Waals surface area contributed by atoms with Crippen molar-refractivity contribution in [1.82, 2.24) is 10.6 Å². The molecule has 10 heteroatoms. The largest absolute Gasteiger partial charge is 0.478 e. The van der Waals surface area contributed by atoms with E-state index in [2.05, 4.69) is 0 Å². The summed E-state index contributed by atoms with van der Waals surface area (Å²) < 4.78 is 0. The molecule has 0 aromatic heterocycles. The normalized spacial score (nSPS) is 11.8. The number of aliphatic hydroxyl groups excluding tert-OH is 2. The number of hydrogen-bond donors (Lipinski definition) is 6. The van der Waals surface area contributed by atoms with E-state index in [-0.39, 0.29) is 0 Å². The molecule has 0 spiro atoms. The number of nitrogens with one attached hydrogen (secondary N) is 2. The zero-order valence-electron chi connectivity index (χ0n) is 14.4. The number of amides is 2. The summed E-state index contributed by atoms with van der Waals surface area (Å²) in [5, 5.41) is 38.1. The standard InChI is InChI=1S/2C9H9NO4/c2*11-7(10-8(12)9(13)14)6-4-2-1-3-5-6/h2*1-5,8,12H,(H,10,11)(H,13,14). The maximum atomic E-state index is 11.2. The van der Waals surface area contributed by atoms with Gasteiger partial charge in [-0.15, -0.1) is 0 Å². The number of hydrogen-bond acceptors (Lipinski definition) is 6. The van der Waals surface area contributed by atoms with Gasteiger partial charge in [0.15, 0.2) is 0 Å². The van der Waals surface area contributed by atoms with E-state index in [1.807, 2.05) is 10.6 Å². The van der Waals surface area contributed by atoms with Crippen molar-refractivity contribution in [1.29, 1.82) is 0 Å². The van der Waals surface area contributed by atoms with Gasteiger partial charge in [-0.2, -0.15) is 0 Å². The Labute approximate surface area is 159 Å². The summed E-state index contributed by atoms with van der Waals surface area (Å²) in [6.45, 7) is 0. The Hall–Kier alpha value is -3.76. The topological polar surface area (TPSA) is 173 Å². The number of carboxylic acid groups (broad SMARTS) is 2. The van der Waals surface area contributed by atoms with Gasteiger partial charge in [0.05, 0.1) is 0 Å². The molecule has 6 N–H and O–H groups in total. The van der Waals surface area contributed by atoms with E-state index < -0.39 is 36.2 Å². The zero-order valence-corrected chi connectivity index (χ0v) is 14.4. The van der Waals surface area contributed by atoms with Gasteiger partial charge >= 0.3 is 11.9 Å². The highest BCUT2D eigenvalue weighted by Crippen LogP contribution is 1.99. The SMILES string of the molecule is O=C(NC(O)C(=O)O)c1ccccc1.O=C(NC(O)C(=O)O)c1ccccc1. The molecule has 0 aliphatic rings. The van der Waals surface area contributed by atoms with Crippen LogP contribution in [0.15, 0.2) is 60.7 Å². The van der Waals surface area contributed by atoms with Gasteiger partial charge < -0.3 is 31.1 Å². The van der Waals surface area contributed by atoms with Crippen molar-refractivity contribution >= 4 is 23.8 Å². The molecule has 2 atom stereocenters. The molecule has 28 heavy (non-hydrogen) atoms. The first-order valence-corrected chi connectivity index (χ1v) is 7.76. The third-order valence-electron chi connectivity index (χ3n) is 3.08. The lowest BCUT2D eigenvalue weighted by Gasteiger charge is -2.07. The predicted octanol–water partition coefficient (Wildman–Crippen LogP) is -0.361. The average Bonchev–Trinajstić information content (AvgIpc) is 2.69. The van der Waals surface area contributed by atoms with Crippen molar-refractivity contribution in [3.63, 3.8) is 0 Å². The summed E-state index contributed by atoms with van der Waals surface area (Å²) in [7, 11) is 0. The van der Waals surface area contributed by atoms with Gasteiger partial charge in [-0.25, -0.2) is 9.59 Å². The third-order valence-corrected chi connectivity index (χ3v) is 3.08. The van der Waals surface area contributed by atoms with Crippen LogP contribution in [0.5, 0.6) is 0 Å². The molecule has 0 aliphatic heterocycles. The molecule has 2 unspecified atom stereocenters. The van der Waals surface area contributed by atoms with Crippen LogP contribution in [-0.2, 0) is 9.59 Å². The molecule has 2 aromatic rings. The van der Waals surface area contributed by atoms with Gasteiger partial charge in [0.25, 0.3) is 11.8 Å². The van der Waals surface area contributed by atoms with Crippen molar-refractivity contribution in [2.24, 2.45) is 0 Å². The lowest BCUT2D eigenvalue weighted by molar-refractivity contribution is -0.148. The minimum absolute atomic E-state index is 0.299. The number of carbonyl (C=O) groups is 4. The first-order valence-electron chi connectivity index (χ1n) is 7.76. The van der Waals surface area contributed by atoms with Crippen molar-refractivity contribution in [2.75, 3.05) is 0 Å². The zero-order chi connectivity index (χ0) is 21.1. The van der Waals surface area contributed by atoms with Crippen LogP contribution in [0.3, 0.4) is 0 Å². The van der Waals surface area contributed by atoms with Crippen LogP contribution in [0.2, 0.25) is 0 Å². The molecule has 0 saturated heterocycles. The molecule has 0 aliphatic carbocycles. The first-order chi connectivity index (χ1) is 13.2. The van der Waals surface area contributed by atoms with Crippen LogP contribution < -0.4 is 10.6 Å². The van der Waals surface area contributed by atoms with Crippen LogP contribution in [0.1, 0.15) is 20.7 Å². The monoisotopic (exact) mass is 390 g/mol. The van der Waals surface area contributed by atoms with Crippen LogP contribution in [-0.4, -0.2) is 56.6 Å². The van der Waals surface area contributed by atoms with Crippen molar-refractivity contribution in [2.45, 2.75) is 12.5 Å². The Morgan fingerprint density at radius 2 is 0.893 bits per heavy atom. The van der Waals surface area contributed by atoms with Crippen LogP contribution in [0.25, 0.3) is 0 Å². The summed E-state index contributed by atoms with van der Waals surface area (Å²) in [5.74, 6) is -4.23. The molecule has 0 bridgehead atoms. The summed E-state index contributed by atoms with van der Waals surface area (Å²) in [4.78, 5) is 42.9. The summed E-state index contributed by atoms with van der Waals surface area (Å²) in [6, 6.07) is 16.1. The molecule has 0 heterocycles. The van der Waals surface area contributed by atoms with E-state index >= 15 is 0 Å². The highest BCUT2D eigenvalue weighted by atomic mass is 16.4. The Bertz CT molecular complexity index is 741. The van der Waals surface area contributed by atoms with Gasteiger partial charge in [-0.3, -0.25) is 9.59 Å². The Morgan fingerprint density at radius 1 is 0.607 bits per heavy atom. The summed E-state index contributed by atoms with van der Waals surface area (Å²) >= 11 is 0. The number of benzene rings is 2. The second kappa shape index (κ2) is 11.1. The van der Waals surface area contributed by atoms with Crippen molar-refractivity contribution < 1.29 is 39.6 Å². The van der Waals surface area contributed by atoms with E-state index in [9.17, 15) is 19.2 Å². The van der Waals surface area contributed by atoms with Gasteiger partial charge in [-0.05, 0) is 24.3 Å². The maximum Gasteiger partial charge on any atom is 0.353 e. The average molecular weight is 390 g/mol. The number of aliphatic hydroxyl groups is 2. The van der Waals surface area contributed by atoms with E-state index in [0.717, 1.165) is 0 Å². The van der Waals surface area contributed by atoms with Crippen LogP contribution in [0, 0.1) is 0 Å². The number of rotatable bonds is 6. The summed E-state index contributed by atoms with van der Waals surface area (Å²) in [5.41, 5.74) is 0.598. The molecule has 2 rings (SSSR count). The fourth-order valence-electron chi connectivity index (χ4n) is 1.72. The minimum Gasteiger partial charge on any atom is -0.478 e. The minimum atomic E-state index is -1.87. The molecular weight excluding hydrogens is 372 g/mol. The molecule has 0 fully saturated rings. The van der Waals surface area contributed by atoms with Crippen molar-refractivity contribution in [3.05, 3.63) is 71.8 Å². The third kappa shape index (κ3) is 7.64. The van der Waals surface area contributed by atoms with E-state index in [1.165, 1.54) is 24.3 Å². The molecule has 0 radical (unpaired) electrons. The summed E-state index contributed by atoms with van der Waals surface area (Å²) in [6.07, 6.45) is -3.74. The first kappa shape index (κ1) is 22.3. The fraction of sp³-hybridized carbons (Fsp3) is 0.111. The van der Waals surface area contributed by atoms with E-state index in [1.54, 1.807) is 36.4 Å². The maximum absolute atomic E-state index is 11.2. The van der Waals surface area contributed by atoms with Gasteiger partial charge in [0.2, 0.25) is 12.5 Å². The fourth-order valence-corrected chi connectivity index (χ4v) is 1.72. The number of carbonyl (C=O) groups excluding carboxylic acids is 2. The van der Waals surface area contributed by atoms with E-state index in [0.29, 0.717) is 11.1 Å². The van der Waals surface area contributed by atoms with Crippen LogP contribution >= 0.6 is 0 Å². The van der Waals surface area contributed by atoms with Gasteiger partial charge in [0, 0.05) is 11.1 Å². The Balaban J connectivity index is 0.000000280. The quantitative estimate of drug-likeness (QED) is 0.363. The lowest BCUT2D eigenvalue weighted by atomic mass is 10.2. The lowest BCUT2D eigenvalue weighted by Crippen LogP contribution is -2.40. The number of aliphatic carboxylic acids is 2. The Morgan fingerprint density at radius 3 is 1.14 bits per heavy atom. The molecular formula is C18H18N2O8. The molecule has 10 nitrogen and oxygen atoms in total.